The van der Waals surface area contributed by atoms with Gasteiger partial charge in [-0.15, -0.1) is 0 Å². The summed E-state index contributed by atoms with van der Waals surface area (Å²) in [5.41, 5.74) is 0.749. The first kappa shape index (κ1) is 15.3. The Balaban J connectivity index is 1.58. The lowest BCUT2D eigenvalue weighted by molar-refractivity contribution is -0.898. The molecule has 0 aliphatic carbocycles. The van der Waals surface area contributed by atoms with E-state index in [0.717, 1.165) is 24.3 Å². The zero-order valence-electron chi connectivity index (χ0n) is 13.2. The number of fused-ring (bicyclic) bond motifs is 1. The van der Waals surface area contributed by atoms with Crippen LogP contribution >= 0.6 is 0 Å². The van der Waals surface area contributed by atoms with E-state index in [9.17, 15) is 4.79 Å². The summed E-state index contributed by atoms with van der Waals surface area (Å²) in [5, 5.41) is 0. The fourth-order valence-electron chi connectivity index (χ4n) is 3.25. The summed E-state index contributed by atoms with van der Waals surface area (Å²) in [6.07, 6.45) is 6.80. The number of hydrogen-bond donors (Lipinski definition) is 1. The van der Waals surface area contributed by atoms with Crippen LogP contribution in [0.25, 0.3) is 0 Å². The van der Waals surface area contributed by atoms with Gasteiger partial charge in [-0.1, -0.05) is 0 Å². The lowest BCUT2D eigenvalue weighted by Crippen LogP contribution is -3.11. The van der Waals surface area contributed by atoms with E-state index in [1.165, 1.54) is 38.8 Å². The zero-order chi connectivity index (χ0) is 15.2. The largest absolute Gasteiger partial charge is 0.490 e. The third kappa shape index (κ3) is 4.01. The fourth-order valence-corrected chi connectivity index (χ4v) is 3.25. The second-order valence-electron chi connectivity index (χ2n) is 6.30. The van der Waals surface area contributed by atoms with Crippen molar-refractivity contribution >= 4 is 5.78 Å². The first-order chi connectivity index (χ1) is 10.8. The Morgan fingerprint density at radius 2 is 1.68 bits per heavy atom. The van der Waals surface area contributed by atoms with Crippen molar-refractivity contribution in [2.75, 3.05) is 32.8 Å². The van der Waals surface area contributed by atoms with Gasteiger partial charge in [0.1, 0.15) is 0 Å². The Morgan fingerprint density at radius 1 is 0.955 bits per heavy atom. The van der Waals surface area contributed by atoms with E-state index < -0.39 is 0 Å². The Hall–Kier alpha value is -1.55. The number of rotatable bonds is 4. The minimum atomic E-state index is 0.215. The number of hydrogen-bond acceptors (Lipinski definition) is 3. The smallest absolute Gasteiger partial charge is 0.168 e. The van der Waals surface area contributed by atoms with Crippen LogP contribution in [0.15, 0.2) is 18.2 Å². The molecule has 2 heterocycles. The summed E-state index contributed by atoms with van der Waals surface area (Å²) in [4.78, 5) is 14.0. The third-order valence-electron chi connectivity index (χ3n) is 4.59. The van der Waals surface area contributed by atoms with Gasteiger partial charge in [-0.05, 0) is 43.9 Å². The second kappa shape index (κ2) is 7.63. The van der Waals surface area contributed by atoms with Crippen molar-refractivity contribution in [3.8, 4) is 11.5 Å². The number of benzene rings is 1. The van der Waals surface area contributed by atoms with Crippen LogP contribution in [0.1, 0.15) is 48.9 Å². The maximum absolute atomic E-state index is 12.4. The van der Waals surface area contributed by atoms with Crippen LogP contribution in [0.5, 0.6) is 11.5 Å². The number of carbonyl (C=O) groups excluding carboxylic acids is 1. The third-order valence-corrected chi connectivity index (χ3v) is 4.59. The molecule has 2 aliphatic heterocycles. The van der Waals surface area contributed by atoms with Gasteiger partial charge in [-0.2, -0.15) is 0 Å². The van der Waals surface area contributed by atoms with Crippen LogP contribution in [0, 0.1) is 0 Å². The summed E-state index contributed by atoms with van der Waals surface area (Å²) in [7, 11) is 0. The van der Waals surface area contributed by atoms with Crippen molar-refractivity contribution in [3.63, 3.8) is 0 Å². The Kier molecular flexibility index (Phi) is 5.33. The molecule has 1 saturated heterocycles. The van der Waals surface area contributed by atoms with Crippen molar-refractivity contribution in [1.29, 1.82) is 0 Å². The summed E-state index contributed by atoms with van der Waals surface area (Å²) in [6.45, 7) is 4.72. The van der Waals surface area contributed by atoms with E-state index >= 15 is 0 Å². The monoisotopic (exact) mass is 304 g/mol. The molecule has 0 amide bonds. The van der Waals surface area contributed by atoms with Gasteiger partial charge in [0.25, 0.3) is 0 Å². The molecule has 0 saturated carbocycles. The molecular formula is C18H26NO3+. The summed E-state index contributed by atoms with van der Waals surface area (Å²) in [5.74, 6) is 1.69. The predicted molar refractivity (Wildman–Crippen MR) is 85.0 cm³/mol. The molecule has 1 aromatic carbocycles. The molecule has 4 nitrogen and oxygen atoms in total. The van der Waals surface area contributed by atoms with Crippen molar-refractivity contribution in [1.82, 2.24) is 0 Å². The van der Waals surface area contributed by atoms with Crippen LogP contribution < -0.4 is 14.4 Å². The molecule has 120 valence electrons. The van der Waals surface area contributed by atoms with E-state index in [0.29, 0.717) is 25.4 Å². The normalized spacial score (nSPS) is 19.3. The number of likely N-dealkylation sites (tertiary alicyclic amines) is 1. The van der Waals surface area contributed by atoms with E-state index in [2.05, 4.69) is 0 Å². The minimum absolute atomic E-state index is 0.215. The Bertz CT molecular complexity index is 507. The molecule has 2 aliphatic rings. The van der Waals surface area contributed by atoms with Crippen LogP contribution in [0.4, 0.5) is 0 Å². The summed E-state index contributed by atoms with van der Waals surface area (Å²) >= 11 is 0. The highest BCUT2D eigenvalue weighted by Gasteiger charge is 2.17. The van der Waals surface area contributed by atoms with Crippen LogP contribution in [-0.2, 0) is 0 Å². The molecule has 0 spiro atoms. The molecule has 0 atom stereocenters. The van der Waals surface area contributed by atoms with Gasteiger partial charge in [0, 0.05) is 12.0 Å². The summed E-state index contributed by atoms with van der Waals surface area (Å²) < 4.78 is 11.3. The quantitative estimate of drug-likeness (QED) is 0.864. The highest BCUT2D eigenvalue weighted by atomic mass is 16.5. The first-order valence-corrected chi connectivity index (χ1v) is 8.59. The minimum Gasteiger partial charge on any atom is -0.490 e. The molecule has 1 N–H and O–H groups in total. The number of quaternary nitrogens is 1. The van der Waals surface area contributed by atoms with E-state index in [1.54, 1.807) is 4.90 Å². The average molecular weight is 304 g/mol. The Labute approximate surface area is 132 Å². The van der Waals surface area contributed by atoms with Crippen molar-refractivity contribution in [2.45, 2.75) is 38.5 Å². The van der Waals surface area contributed by atoms with E-state index in [-0.39, 0.29) is 5.78 Å². The van der Waals surface area contributed by atoms with Gasteiger partial charge in [0.05, 0.1) is 39.3 Å². The topological polar surface area (TPSA) is 40.0 Å². The highest BCUT2D eigenvalue weighted by molar-refractivity contribution is 5.96. The standard InChI is InChI=1S/C18H25NO3/c20-16(8-11-19-9-3-1-2-4-10-19)15-6-7-17-18(14-15)22-13-5-12-21-17/h6-7,14H,1-5,8-13H2/p+1. The average Bonchev–Trinajstić information content (AvgIpc) is 2.94. The van der Waals surface area contributed by atoms with Gasteiger partial charge in [0.15, 0.2) is 17.3 Å². The maximum Gasteiger partial charge on any atom is 0.168 e. The second-order valence-corrected chi connectivity index (χ2v) is 6.30. The molecule has 1 aromatic rings. The van der Waals surface area contributed by atoms with Gasteiger partial charge in [-0.25, -0.2) is 0 Å². The Morgan fingerprint density at radius 3 is 2.45 bits per heavy atom. The van der Waals surface area contributed by atoms with Crippen molar-refractivity contribution in [2.24, 2.45) is 0 Å². The molecule has 0 aromatic heterocycles. The van der Waals surface area contributed by atoms with E-state index in [4.69, 9.17) is 9.47 Å². The van der Waals surface area contributed by atoms with Gasteiger partial charge in [-0.3, -0.25) is 4.79 Å². The molecule has 0 unspecified atom stereocenters. The molecular weight excluding hydrogens is 278 g/mol. The number of ether oxygens (including phenoxy) is 2. The van der Waals surface area contributed by atoms with Crippen LogP contribution in [-0.4, -0.2) is 38.6 Å². The number of Topliss-reactive ketones (excluding diaryl/α,β-unsaturated/α-hetero) is 1. The first-order valence-electron chi connectivity index (χ1n) is 8.59. The van der Waals surface area contributed by atoms with Gasteiger partial charge < -0.3 is 14.4 Å². The lowest BCUT2D eigenvalue weighted by atomic mass is 10.1. The number of nitrogens with one attached hydrogen (secondary N) is 1. The summed E-state index contributed by atoms with van der Waals surface area (Å²) in [6, 6.07) is 5.58. The maximum atomic E-state index is 12.4. The zero-order valence-corrected chi connectivity index (χ0v) is 13.2. The van der Waals surface area contributed by atoms with Gasteiger partial charge in [0.2, 0.25) is 0 Å². The SMILES string of the molecule is O=C(CC[NH+]1CCCCCC1)c1ccc2c(c1)OCCCO2. The van der Waals surface area contributed by atoms with Crippen LogP contribution in [0.3, 0.4) is 0 Å². The van der Waals surface area contributed by atoms with Crippen molar-refractivity contribution < 1.29 is 19.2 Å². The molecule has 0 bridgehead atoms. The highest BCUT2D eigenvalue weighted by Crippen LogP contribution is 2.30. The van der Waals surface area contributed by atoms with Crippen molar-refractivity contribution in [3.05, 3.63) is 23.8 Å². The molecule has 3 rings (SSSR count). The van der Waals surface area contributed by atoms with E-state index in [1.807, 2.05) is 18.2 Å². The molecule has 22 heavy (non-hydrogen) atoms. The van der Waals surface area contributed by atoms with Crippen LogP contribution in [0.2, 0.25) is 0 Å². The molecule has 1 fully saturated rings. The fraction of sp³-hybridized carbons (Fsp3) is 0.611. The predicted octanol–water partition coefficient (Wildman–Crippen LogP) is 1.88. The van der Waals surface area contributed by atoms with Gasteiger partial charge >= 0.3 is 0 Å². The number of ketones is 1. The number of carbonyl (C=O) groups is 1. The lowest BCUT2D eigenvalue weighted by Gasteiger charge is -2.16. The molecule has 4 heteroatoms. The molecule has 0 radical (unpaired) electrons.